The first kappa shape index (κ1) is 22.1. The molecule has 0 spiro atoms. The Morgan fingerprint density at radius 2 is 1.70 bits per heavy atom. The molecule has 3 aromatic rings. The molecule has 0 aliphatic heterocycles. The summed E-state index contributed by atoms with van der Waals surface area (Å²) >= 11 is 5.87. The number of anilines is 1. The molecule has 4 nitrogen and oxygen atoms in total. The molecule has 0 amide bonds. The number of hydrogen-bond acceptors (Lipinski definition) is 3. The van der Waals surface area contributed by atoms with Gasteiger partial charge in [0, 0.05) is 16.7 Å². The average molecular weight is 452 g/mol. The molecule has 0 fully saturated rings. The molecule has 3 rings (SSSR count). The predicted molar refractivity (Wildman–Crippen MR) is 113 cm³/mol. The molecule has 3 aromatic carbocycles. The van der Waals surface area contributed by atoms with Gasteiger partial charge in [0.1, 0.15) is 17.4 Å². The number of ether oxygens (including phenoxy) is 1. The predicted octanol–water partition coefficient (Wildman–Crippen LogP) is 5.80. The van der Waals surface area contributed by atoms with Gasteiger partial charge in [0.15, 0.2) is 0 Å². The molecular formula is C22H20ClF2NO3S. The molecule has 0 bridgehead atoms. The van der Waals surface area contributed by atoms with Crippen LogP contribution in [-0.2, 0) is 16.6 Å². The van der Waals surface area contributed by atoms with E-state index in [0.717, 1.165) is 28.9 Å². The summed E-state index contributed by atoms with van der Waals surface area (Å²) in [5.74, 6) is -1.13. The lowest BCUT2D eigenvalue weighted by Crippen LogP contribution is -2.31. The Morgan fingerprint density at radius 1 is 1.00 bits per heavy atom. The van der Waals surface area contributed by atoms with Crippen LogP contribution in [-0.4, -0.2) is 15.0 Å². The number of sulfonamides is 1. The van der Waals surface area contributed by atoms with E-state index < -0.39 is 27.3 Å². The first-order chi connectivity index (χ1) is 14.3. The number of hydrogen-bond donors (Lipinski definition) is 0. The maximum Gasteiger partial charge on any atom is 0.264 e. The summed E-state index contributed by atoms with van der Waals surface area (Å²) in [5.41, 5.74) is 0.127. The molecular weight excluding hydrogens is 432 g/mol. The summed E-state index contributed by atoms with van der Waals surface area (Å²) in [6.45, 7) is 2.14. The van der Waals surface area contributed by atoms with E-state index in [1.807, 2.05) is 6.92 Å². The van der Waals surface area contributed by atoms with Crippen molar-refractivity contribution in [3.8, 4) is 5.75 Å². The van der Waals surface area contributed by atoms with Crippen LogP contribution in [0.5, 0.6) is 5.75 Å². The topological polar surface area (TPSA) is 46.6 Å². The number of nitrogens with zero attached hydrogens (tertiary/aromatic N) is 1. The minimum absolute atomic E-state index is 0.0949. The highest BCUT2D eigenvalue weighted by atomic mass is 35.5. The molecule has 0 heterocycles. The molecule has 0 aliphatic rings. The molecule has 0 atom stereocenters. The van der Waals surface area contributed by atoms with Crippen molar-refractivity contribution in [3.05, 3.63) is 89.0 Å². The minimum atomic E-state index is -4.23. The van der Waals surface area contributed by atoms with E-state index in [2.05, 4.69) is 0 Å². The Morgan fingerprint density at radius 3 is 2.40 bits per heavy atom. The van der Waals surface area contributed by atoms with E-state index in [1.165, 1.54) is 24.3 Å². The van der Waals surface area contributed by atoms with Crippen molar-refractivity contribution in [2.75, 3.05) is 10.9 Å². The van der Waals surface area contributed by atoms with Crippen molar-refractivity contribution in [1.82, 2.24) is 0 Å². The Balaban J connectivity index is 2.12. The summed E-state index contributed by atoms with van der Waals surface area (Å²) in [4.78, 5) is -0.0949. The summed E-state index contributed by atoms with van der Waals surface area (Å²) in [6, 6.07) is 15.1. The Kier molecular flexibility index (Phi) is 6.95. The Labute approximate surface area is 179 Å². The highest BCUT2D eigenvalue weighted by molar-refractivity contribution is 7.92. The van der Waals surface area contributed by atoms with Gasteiger partial charge in [-0.3, -0.25) is 4.31 Å². The van der Waals surface area contributed by atoms with E-state index in [1.54, 1.807) is 24.3 Å². The van der Waals surface area contributed by atoms with Crippen molar-refractivity contribution >= 4 is 27.3 Å². The van der Waals surface area contributed by atoms with Gasteiger partial charge in [0.25, 0.3) is 10.0 Å². The monoisotopic (exact) mass is 451 g/mol. The molecule has 0 radical (unpaired) electrons. The first-order valence-corrected chi connectivity index (χ1v) is 11.1. The van der Waals surface area contributed by atoms with Crippen LogP contribution in [0.25, 0.3) is 0 Å². The minimum Gasteiger partial charge on any atom is -0.493 e. The second-order valence-electron chi connectivity index (χ2n) is 6.52. The van der Waals surface area contributed by atoms with Gasteiger partial charge >= 0.3 is 0 Å². The van der Waals surface area contributed by atoms with Gasteiger partial charge in [0.2, 0.25) is 0 Å². The molecule has 158 valence electrons. The lowest BCUT2D eigenvalue weighted by molar-refractivity contribution is 0.314. The van der Waals surface area contributed by atoms with Crippen molar-refractivity contribution in [2.24, 2.45) is 0 Å². The fourth-order valence-corrected chi connectivity index (χ4v) is 4.42. The van der Waals surface area contributed by atoms with Gasteiger partial charge in [-0.2, -0.15) is 0 Å². The number of para-hydroxylation sites is 1. The van der Waals surface area contributed by atoms with Crippen LogP contribution in [0, 0.1) is 11.6 Å². The number of halogens is 3. The van der Waals surface area contributed by atoms with Crippen LogP contribution < -0.4 is 9.04 Å². The first-order valence-electron chi connectivity index (χ1n) is 9.27. The smallest absolute Gasteiger partial charge is 0.264 e. The molecule has 0 N–H and O–H groups in total. The quantitative estimate of drug-likeness (QED) is 0.434. The highest BCUT2D eigenvalue weighted by Gasteiger charge is 2.28. The SMILES string of the molecule is CCCOc1ccccc1CN(c1cc(F)ccc1F)S(=O)(=O)c1ccc(Cl)cc1. The van der Waals surface area contributed by atoms with Crippen LogP contribution in [0.2, 0.25) is 5.02 Å². The normalized spacial score (nSPS) is 11.3. The molecule has 0 aliphatic carbocycles. The second-order valence-corrected chi connectivity index (χ2v) is 8.82. The van der Waals surface area contributed by atoms with E-state index in [-0.39, 0.29) is 11.4 Å². The number of rotatable bonds is 8. The fraction of sp³-hybridized carbons (Fsp3) is 0.182. The zero-order chi connectivity index (χ0) is 21.7. The van der Waals surface area contributed by atoms with Crippen molar-refractivity contribution < 1.29 is 21.9 Å². The summed E-state index contributed by atoms with van der Waals surface area (Å²) in [6.07, 6.45) is 0.764. The lowest BCUT2D eigenvalue weighted by Gasteiger charge is -2.26. The van der Waals surface area contributed by atoms with Crippen LogP contribution >= 0.6 is 11.6 Å². The molecule has 8 heteroatoms. The molecule has 30 heavy (non-hydrogen) atoms. The van der Waals surface area contributed by atoms with Gasteiger partial charge in [-0.1, -0.05) is 36.7 Å². The molecule has 0 aromatic heterocycles. The van der Waals surface area contributed by atoms with Gasteiger partial charge in [-0.05, 0) is 48.9 Å². The van der Waals surface area contributed by atoms with Crippen molar-refractivity contribution in [2.45, 2.75) is 24.8 Å². The van der Waals surface area contributed by atoms with Gasteiger partial charge in [0.05, 0.1) is 23.7 Å². The van der Waals surface area contributed by atoms with Crippen LogP contribution in [0.1, 0.15) is 18.9 Å². The lowest BCUT2D eigenvalue weighted by atomic mass is 10.2. The van der Waals surface area contributed by atoms with Crippen LogP contribution in [0.3, 0.4) is 0 Å². The Hall–Kier alpha value is -2.64. The largest absolute Gasteiger partial charge is 0.493 e. The third kappa shape index (κ3) is 4.91. The van der Waals surface area contributed by atoms with Gasteiger partial charge in [-0.15, -0.1) is 0 Å². The maximum absolute atomic E-state index is 14.6. The van der Waals surface area contributed by atoms with Crippen LogP contribution in [0.4, 0.5) is 14.5 Å². The third-order valence-corrected chi connectivity index (χ3v) is 6.35. The zero-order valence-electron chi connectivity index (χ0n) is 16.2. The second kappa shape index (κ2) is 9.45. The molecule has 0 unspecified atom stereocenters. The van der Waals surface area contributed by atoms with E-state index >= 15 is 0 Å². The third-order valence-electron chi connectivity index (χ3n) is 4.33. The summed E-state index contributed by atoms with van der Waals surface area (Å²) in [7, 11) is -4.23. The average Bonchev–Trinajstić information content (AvgIpc) is 2.73. The van der Waals surface area contributed by atoms with Crippen molar-refractivity contribution in [1.29, 1.82) is 0 Å². The molecule has 0 saturated carbocycles. The molecule has 0 saturated heterocycles. The van der Waals surface area contributed by atoms with E-state index in [0.29, 0.717) is 22.9 Å². The summed E-state index contributed by atoms with van der Waals surface area (Å²) in [5, 5.41) is 0.357. The van der Waals surface area contributed by atoms with E-state index in [9.17, 15) is 17.2 Å². The van der Waals surface area contributed by atoms with E-state index in [4.69, 9.17) is 16.3 Å². The maximum atomic E-state index is 14.6. The highest BCUT2D eigenvalue weighted by Crippen LogP contribution is 2.31. The van der Waals surface area contributed by atoms with Crippen LogP contribution in [0.15, 0.2) is 71.6 Å². The van der Waals surface area contributed by atoms with Crippen molar-refractivity contribution in [3.63, 3.8) is 0 Å². The summed E-state index contributed by atoms with van der Waals surface area (Å²) < 4.78 is 61.8. The number of benzene rings is 3. The fourth-order valence-electron chi connectivity index (χ4n) is 2.85. The zero-order valence-corrected chi connectivity index (χ0v) is 17.8. The van der Waals surface area contributed by atoms with Gasteiger partial charge in [-0.25, -0.2) is 17.2 Å². The Bertz CT molecular complexity index is 1120. The standard InChI is InChI=1S/C22H20ClF2NO3S/c1-2-13-29-22-6-4-3-5-16(22)15-26(21-14-18(24)9-12-20(21)25)30(27,28)19-10-7-17(23)8-11-19/h3-12,14H,2,13,15H2,1H3. The van der Waals surface area contributed by atoms with Gasteiger partial charge < -0.3 is 4.74 Å².